The lowest BCUT2D eigenvalue weighted by Crippen LogP contribution is -2.57. The second-order valence-electron chi connectivity index (χ2n) is 6.26. The van der Waals surface area contributed by atoms with Gasteiger partial charge in [-0.1, -0.05) is 24.3 Å². The molecular weight excluding hydrogens is 302 g/mol. The topological polar surface area (TPSA) is 46.6 Å². The maximum absolute atomic E-state index is 12.6. The van der Waals surface area contributed by atoms with Crippen molar-refractivity contribution < 1.29 is 14.3 Å². The Bertz CT molecular complexity index is 797. The molecule has 0 radical (unpaired) electrons. The van der Waals surface area contributed by atoms with E-state index in [0.29, 0.717) is 12.2 Å². The number of hydrogen-bond acceptors (Lipinski definition) is 3. The number of esters is 1. The zero-order chi connectivity index (χ0) is 16.7. The van der Waals surface area contributed by atoms with E-state index in [9.17, 15) is 9.59 Å². The fourth-order valence-electron chi connectivity index (χ4n) is 3.81. The highest BCUT2D eigenvalue weighted by Crippen LogP contribution is 2.49. The molecule has 0 bridgehead atoms. The molecule has 0 aromatic heterocycles. The molecule has 4 heteroatoms. The van der Waals surface area contributed by atoms with Crippen LogP contribution < -0.4 is 4.90 Å². The second kappa shape index (κ2) is 5.78. The summed E-state index contributed by atoms with van der Waals surface area (Å²) in [6, 6.07) is 15.6. The standard InChI is InChI=1S/C20H19NO3/c1-2-24-20(23)14-7-10-15(11-8-14)21-18-16-6-4-3-5-13(16)9-12-17(18)19(21)22/h3-8,10-11,17-18H,2,9,12H2,1H3/t17-,18+/m0/s1. The van der Waals surface area contributed by atoms with Crippen LogP contribution in [0.3, 0.4) is 0 Å². The van der Waals surface area contributed by atoms with Crippen molar-refractivity contribution in [2.24, 2.45) is 5.92 Å². The Morgan fingerprint density at radius 2 is 1.92 bits per heavy atom. The third-order valence-electron chi connectivity index (χ3n) is 4.97. The number of fused-ring (bicyclic) bond motifs is 3. The minimum atomic E-state index is -0.333. The number of β-lactam (4-membered cyclic amide) rings is 1. The Balaban J connectivity index is 1.63. The molecule has 1 amide bonds. The van der Waals surface area contributed by atoms with Crippen molar-refractivity contribution in [2.75, 3.05) is 11.5 Å². The highest BCUT2D eigenvalue weighted by molar-refractivity contribution is 6.04. The van der Waals surface area contributed by atoms with Gasteiger partial charge in [0.15, 0.2) is 0 Å². The first-order valence-electron chi connectivity index (χ1n) is 8.38. The summed E-state index contributed by atoms with van der Waals surface area (Å²) >= 11 is 0. The van der Waals surface area contributed by atoms with E-state index in [2.05, 4.69) is 18.2 Å². The van der Waals surface area contributed by atoms with Gasteiger partial charge >= 0.3 is 5.97 Å². The van der Waals surface area contributed by atoms with Crippen LogP contribution in [0.15, 0.2) is 48.5 Å². The molecule has 1 saturated heterocycles. The summed E-state index contributed by atoms with van der Waals surface area (Å²) in [5.74, 6) is -0.0668. The van der Waals surface area contributed by atoms with Gasteiger partial charge in [-0.2, -0.15) is 0 Å². The van der Waals surface area contributed by atoms with Gasteiger partial charge in [0.25, 0.3) is 0 Å². The van der Waals surface area contributed by atoms with Crippen LogP contribution in [-0.2, 0) is 16.0 Å². The summed E-state index contributed by atoms with van der Waals surface area (Å²) in [7, 11) is 0. The Morgan fingerprint density at radius 3 is 2.67 bits per heavy atom. The number of amides is 1. The molecule has 4 nitrogen and oxygen atoms in total. The van der Waals surface area contributed by atoms with E-state index in [1.807, 2.05) is 23.1 Å². The number of ether oxygens (including phenoxy) is 1. The molecule has 122 valence electrons. The lowest BCUT2D eigenvalue weighted by Gasteiger charge is -2.50. The van der Waals surface area contributed by atoms with Crippen LogP contribution in [0.2, 0.25) is 0 Å². The van der Waals surface area contributed by atoms with E-state index in [0.717, 1.165) is 18.5 Å². The van der Waals surface area contributed by atoms with Gasteiger partial charge in [-0.3, -0.25) is 4.79 Å². The first-order valence-corrected chi connectivity index (χ1v) is 8.38. The molecule has 1 fully saturated rings. The predicted molar refractivity (Wildman–Crippen MR) is 90.9 cm³/mol. The molecule has 2 aromatic rings. The van der Waals surface area contributed by atoms with Crippen molar-refractivity contribution >= 4 is 17.6 Å². The number of rotatable bonds is 3. The monoisotopic (exact) mass is 321 g/mol. The number of hydrogen-bond donors (Lipinski definition) is 0. The number of nitrogens with zero attached hydrogens (tertiary/aromatic N) is 1. The molecule has 2 aromatic carbocycles. The minimum absolute atomic E-state index is 0.0876. The Morgan fingerprint density at radius 1 is 1.17 bits per heavy atom. The van der Waals surface area contributed by atoms with Crippen molar-refractivity contribution in [1.29, 1.82) is 0 Å². The van der Waals surface area contributed by atoms with Crippen LogP contribution in [-0.4, -0.2) is 18.5 Å². The predicted octanol–water partition coefficient (Wildman–Crippen LogP) is 3.51. The average Bonchev–Trinajstić information content (AvgIpc) is 2.61. The molecule has 1 heterocycles. The summed E-state index contributed by atoms with van der Waals surface area (Å²) < 4.78 is 5.00. The number of benzene rings is 2. The van der Waals surface area contributed by atoms with E-state index < -0.39 is 0 Å². The van der Waals surface area contributed by atoms with Crippen LogP contribution in [0.4, 0.5) is 5.69 Å². The maximum Gasteiger partial charge on any atom is 0.338 e. The normalized spacial score (nSPS) is 21.5. The highest BCUT2D eigenvalue weighted by Gasteiger charge is 2.50. The van der Waals surface area contributed by atoms with Gasteiger partial charge in [-0.05, 0) is 55.2 Å². The van der Waals surface area contributed by atoms with E-state index in [4.69, 9.17) is 4.74 Å². The fraction of sp³-hybridized carbons (Fsp3) is 0.300. The number of carbonyl (C=O) groups is 2. The molecule has 0 N–H and O–H groups in total. The molecule has 1 aliphatic heterocycles. The summed E-state index contributed by atoms with van der Waals surface area (Å²) in [4.78, 5) is 26.2. The van der Waals surface area contributed by atoms with E-state index in [-0.39, 0.29) is 23.8 Å². The highest BCUT2D eigenvalue weighted by atomic mass is 16.5. The molecule has 4 rings (SSSR count). The van der Waals surface area contributed by atoms with Crippen molar-refractivity contribution in [2.45, 2.75) is 25.8 Å². The van der Waals surface area contributed by atoms with E-state index in [1.165, 1.54) is 11.1 Å². The molecule has 1 aliphatic carbocycles. The van der Waals surface area contributed by atoms with Gasteiger partial charge in [-0.15, -0.1) is 0 Å². The first kappa shape index (κ1) is 14.9. The van der Waals surface area contributed by atoms with Crippen LogP contribution in [0.25, 0.3) is 0 Å². The largest absolute Gasteiger partial charge is 0.462 e. The van der Waals surface area contributed by atoms with Gasteiger partial charge in [-0.25, -0.2) is 4.79 Å². The minimum Gasteiger partial charge on any atom is -0.462 e. The van der Waals surface area contributed by atoms with Gasteiger partial charge in [0.05, 0.1) is 24.1 Å². The third kappa shape index (κ3) is 2.21. The van der Waals surface area contributed by atoms with Gasteiger partial charge in [0.2, 0.25) is 5.91 Å². The smallest absolute Gasteiger partial charge is 0.338 e. The first-order chi connectivity index (χ1) is 11.7. The SMILES string of the molecule is CCOC(=O)c1ccc(N2C(=O)[C@H]3CCc4ccccc4[C@H]32)cc1. The van der Waals surface area contributed by atoms with Crippen LogP contribution in [0.1, 0.15) is 40.9 Å². The van der Waals surface area contributed by atoms with Gasteiger partial charge in [0.1, 0.15) is 0 Å². The Hall–Kier alpha value is -2.62. The molecule has 0 unspecified atom stereocenters. The van der Waals surface area contributed by atoms with Crippen LogP contribution in [0, 0.1) is 5.92 Å². The number of anilines is 1. The zero-order valence-corrected chi connectivity index (χ0v) is 13.6. The number of carbonyl (C=O) groups excluding carboxylic acids is 2. The zero-order valence-electron chi connectivity index (χ0n) is 13.6. The quantitative estimate of drug-likeness (QED) is 0.642. The average molecular weight is 321 g/mol. The Kier molecular flexibility index (Phi) is 3.60. The van der Waals surface area contributed by atoms with Gasteiger partial charge < -0.3 is 9.64 Å². The molecule has 0 saturated carbocycles. The summed E-state index contributed by atoms with van der Waals surface area (Å²) in [6.07, 6.45) is 1.89. The van der Waals surface area contributed by atoms with Gasteiger partial charge in [0, 0.05) is 5.69 Å². The molecule has 0 spiro atoms. The summed E-state index contributed by atoms with van der Waals surface area (Å²) in [6.45, 7) is 2.14. The molecular formula is C20H19NO3. The van der Waals surface area contributed by atoms with Crippen molar-refractivity contribution in [1.82, 2.24) is 0 Å². The summed E-state index contributed by atoms with van der Waals surface area (Å²) in [5, 5.41) is 0. The lowest BCUT2D eigenvalue weighted by molar-refractivity contribution is -0.131. The van der Waals surface area contributed by atoms with E-state index >= 15 is 0 Å². The molecule has 2 atom stereocenters. The summed E-state index contributed by atoms with van der Waals surface area (Å²) in [5.41, 5.74) is 3.93. The third-order valence-corrected chi connectivity index (χ3v) is 4.97. The van der Waals surface area contributed by atoms with Crippen molar-refractivity contribution in [3.05, 3.63) is 65.2 Å². The Labute approximate surface area is 141 Å². The lowest BCUT2D eigenvalue weighted by atomic mass is 9.72. The molecule has 2 aliphatic rings. The fourth-order valence-corrected chi connectivity index (χ4v) is 3.81. The van der Waals surface area contributed by atoms with Crippen LogP contribution in [0.5, 0.6) is 0 Å². The van der Waals surface area contributed by atoms with Crippen molar-refractivity contribution in [3.63, 3.8) is 0 Å². The number of aryl methyl sites for hydroxylation is 1. The van der Waals surface area contributed by atoms with Crippen LogP contribution >= 0.6 is 0 Å². The second-order valence-corrected chi connectivity index (χ2v) is 6.26. The maximum atomic E-state index is 12.6. The van der Waals surface area contributed by atoms with E-state index in [1.54, 1.807) is 19.1 Å². The van der Waals surface area contributed by atoms with Crippen molar-refractivity contribution in [3.8, 4) is 0 Å². The molecule has 24 heavy (non-hydrogen) atoms.